The van der Waals surface area contributed by atoms with Crippen LogP contribution in [0.25, 0.3) is 0 Å². The Bertz CT molecular complexity index is 462. The molecule has 7 heteroatoms. The van der Waals surface area contributed by atoms with E-state index in [1.54, 1.807) is 0 Å². The number of nitrogens with zero attached hydrogens (tertiary/aromatic N) is 1. The normalized spacial score (nSPS) is 13.6. The van der Waals surface area contributed by atoms with Crippen LogP contribution in [-0.2, 0) is 0 Å². The predicted octanol–water partition coefficient (Wildman–Crippen LogP) is 1.54. The van der Waals surface area contributed by atoms with Gasteiger partial charge in [-0.05, 0) is 19.4 Å². The van der Waals surface area contributed by atoms with E-state index in [-0.39, 0.29) is 24.6 Å². The van der Waals surface area contributed by atoms with E-state index < -0.39 is 10.5 Å². The van der Waals surface area contributed by atoms with E-state index in [4.69, 9.17) is 9.84 Å². The van der Waals surface area contributed by atoms with Crippen molar-refractivity contribution in [2.24, 2.45) is 0 Å². The fraction of sp³-hybridized carbons (Fsp3) is 0.538. The number of rotatable bonds is 8. The zero-order chi connectivity index (χ0) is 15.2. The molecule has 1 atom stereocenters. The lowest BCUT2D eigenvalue weighted by Gasteiger charge is -2.21. The van der Waals surface area contributed by atoms with Crippen LogP contribution >= 0.6 is 0 Å². The smallest absolute Gasteiger partial charge is 0.311 e. The van der Waals surface area contributed by atoms with Gasteiger partial charge in [-0.2, -0.15) is 0 Å². The molecule has 0 radical (unpaired) electrons. The molecule has 0 amide bonds. The van der Waals surface area contributed by atoms with Gasteiger partial charge in [-0.15, -0.1) is 0 Å². The number of aliphatic hydroxyl groups is 2. The molecule has 7 nitrogen and oxygen atoms in total. The summed E-state index contributed by atoms with van der Waals surface area (Å²) in [6, 6.07) is 4.40. The summed E-state index contributed by atoms with van der Waals surface area (Å²) in [6.45, 7) is 3.52. The highest BCUT2D eigenvalue weighted by Crippen LogP contribution is 2.30. The third kappa shape index (κ3) is 4.67. The van der Waals surface area contributed by atoms with Gasteiger partial charge in [-0.25, -0.2) is 0 Å². The molecule has 0 aliphatic heterocycles. The van der Waals surface area contributed by atoms with Crippen LogP contribution in [0.3, 0.4) is 0 Å². The Morgan fingerprint density at radius 2 is 2.20 bits per heavy atom. The second-order valence-electron chi connectivity index (χ2n) is 4.80. The minimum Gasteiger partial charge on any atom is -0.487 e. The molecule has 1 aromatic rings. The average Bonchev–Trinajstić information content (AvgIpc) is 2.42. The van der Waals surface area contributed by atoms with Gasteiger partial charge in [0.05, 0.1) is 18.1 Å². The van der Waals surface area contributed by atoms with Crippen LogP contribution in [0.4, 0.5) is 11.4 Å². The fourth-order valence-electron chi connectivity index (χ4n) is 1.45. The SMILES string of the molecule is CCCOc1cc(NCC(C)(O)CO)ccc1[N+](=O)[O-]. The van der Waals surface area contributed by atoms with Crippen molar-refractivity contribution in [1.82, 2.24) is 0 Å². The van der Waals surface area contributed by atoms with Gasteiger partial charge in [0.25, 0.3) is 0 Å². The summed E-state index contributed by atoms with van der Waals surface area (Å²) in [5.41, 5.74) is -0.778. The number of hydrogen-bond acceptors (Lipinski definition) is 6. The zero-order valence-electron chi connectivity index (χ0n) is 11.6. The first-order valence-corrected chi connectivity index (χ1v) is 6.38. The third-order valence-corrected chi connectivity index (χ3v) is 2.63. The monoisotopic (exact) mass is 284 g/mol. The topological polar surface area (TPSA) is 105 Å². The fourth-order valence-corrected chi connectivity index (χ4v) is 1.45. The molecule has 0 saturated heterocycles. The number of benzene rings is 1. The molecule has 0 spiro atoms. The lowest BCUT2D eigenvalue weighted by atomic mass is 10.1. The van der Waals surface area contributed by atoms with Crippen molar-refractivity contribution in [3.05, 3.63) is 28.3 Å². The molecular weight excluding hydrogens is 264 g/mol. The van der Waals surface area contributed by atoms with Crippen molar-refractivity contribution < 1.29 is 19.9 Å². The molecule has 0 fully saturated rings. The minimum absolute atomic E-state index is 0.0991. The summed E-state index contributed by atoms with van der Waals surface area (Å²) in [5.74, 6) is 0.186. The molecule has 0 saturated carbocycles. The van der Waals surface area contributed by atoms with Crippen LogP contribution in [0.1, 0.15) is 20.3 Å². The van der Waals surface area contributed by atoms with E-state index in [0.29, 0.717) is 12.3 Å². The van der Waals surface area contributed by atoms with Crippen LogP contribution < -0.4 is 10.1 Å². The molecule has 0 aromatic heterocycles. The maximum absolute atomic E-state index is 10.9. The maximum Gasteiger partial charge on any atom is 0.311 e. The third-order valence-electron chi connectivity index (χ3n) is 2.63. The van der Waals surface area contributed by atoms with Gasteiger partial charge in [0.15, 0.2) is 5.75 Å². The lowest BCUT2D eigenvalue weighted by molar-refractivity contribution is -0.385. The molecule has 1 rings (SSSR count). The van der Waals surface area contributed by atoms with Gasteiger partial charge in [0.2, 0.25) is 0 Å². The van der Waals surface area contributed by atoms with Crippen LogP contribution in [0.2, 0.25) is 0 Å². The van der Waals surface area contributed by atoms with Crippen molar-refractivity contribution in [1.29, 1.82) is 0 Å². The van der Waals surface area contributed by atoms with Crippen LogP contribution in [0.5, 0.6) is 5.75 Å². The molecule has 1 unspecified atom stereocenters. The molecule has 1 aromatic carbocycles. The summed E-state index contributed by atoms with van der Waals surface area (Å²) in [6.07, 6.45) is 0.744. The highest BCUT2D eigenvalue weighted by Gasteiger charge is 2.20. The Hall–Kier alpha value is -1.86. The van der Waals surface area contributed by atoms with E-state index in [0.717, 1.165) is 6.42 Å². The second-order valence-corrected chi connectivity index (χ2v) is 4.80. The van der Waals surface area contributed by atoms with Gasteiger partial charge in [-0.3, -0.25) is 10.1 Å². The summed E-state index contributed by atoms with van der Waals surface area (Å²) in [4.78, 5) is 10.4. The summed E-state index contributed by atoms with van der Waals surface area (Å²) in [7, 11) is 0. The van der Waals surface area contributed by atoms with Gasteiger partial charge in [-0.1, -0.05) is 6.92 Å². The van der Waals surface area contributed by atoms with Crippen LogP contribution in [0, 0.1) is 10.1 Å². The highest BCUT2D eigenvalue weighted by molar-refractivity contribution is 5.58. The van der Waals surface area contributed by atoms with Gasteiger partial charge < -0.3 is 20.3 Å². The van der Waals surface area contributed by atoms with E-state index >= 15 is 0 Å². The molecule has 0 aliphatic carbocycles. The van der Waals surface area contributed by atoms with Crippen LogP contribution in [-0.4, -0.2) is 40.5 Å². The molecular formula is C13H20N2O5. The van der Waals surface area contributed by atoms with Gasteiger partial charge in [0.1, 0.15) is 5.60 Å². The van der Waals surface area contributed by atoms with E-state index in [2.05, 4.69) is 5.32 Å². The van der Waals surface area contributed by atoms with Gasteiger partial charge >= 0.3 is 5.69 Å². The first-order valence-electron chi connectivity index (χ1n) is 6.38. The molecule has 3 N–H and O–H groups in total. The Balaban J connectivity index is 2.86. The van der Waals surface area contributed by atoms with E-state index in [9.17, 15) is 15.2 Å². The first kappa shape index (κ1) is 16.2. The number of nitrogens with one attached hydrogen (secondary N) is 1. The summed E-state index contributed by atoms with van der Waals surface area (Å²) >= 11 is 0. The van der Waals surface area contributed by atoms with Crippen molar-refractivity contribution in [3.63, 3.8) is 0 Å². The van der Waals surface area contributed by atoms with Crippen LogP contribution in [0.15, 0.2) is 18.2 Å². The predicted molar refractivity (Wildman–Crippen MR) is 75.1 cm³/mol. The Morgan fingerprint density at radius 3 is 2.75 bits per heavy atom. The maximum atomic E-state index is 10.9. The Labute approximate surface area is 117 Å². The van der Waals surface area contributed by atoms with E-state index in [1.165, 1.54) is 25.1 Å². The van der Waals surface area contributed by atoms with Gasteiger partial charge in [0, 0.05) is 24.4 Å². The van der Waals surface area contributed by atoms with Crippen molar-refractivity contribution in [2.75, 3.05) is 25.1 Å². The highest BCUT2D eigenvalue weighted by atomic mass is 16.6. The average molecular weight is 284 g/mol. The van der Waals surface area contributed by atoms with Crippen molar-refractivity contribution >= 4 is 11.4 Å². The summed E-state index contributed by atoms with van der Waals surface area (Å²) in [5, 5.41) is 32.4. The Morgan fingerprint density at radius 1 is 1.50 bits per heavy atom. The number of hydrogen-bond donors (Lipinski definition) is 3. The Kier molecular flexibility index (Phi) is 5.72. The molecule has 0 bridgehead atoms. The van der Waals surface area contributed by atoms with Crippen molar-refractivity contribution in [3.8, 4) is 5.75 Å². The number of nitro benzene ring substituents is 1. The zero-order valence-corrected chi connectivity index (χ0v) is 11.6. The number of anilines is 1. The molecule has 0 heterocycles. The number of ether oxygens (including phenoxy) is 1. The summed E-state index contributed by atoms with van der Waals surface area (Å²) < 4.78 is 5.35. The second kappa shape index (κ2) is 7.06. The largest absolute Gasteiger partial charge is 0.487 e. The quantitative estimate of drug-likeness (QED) is 0.494. The number of aliphatic hydroxyl groups excluding tert-OH is 1. The lowest BCUT2D eigenvalue weighted by Crippen LogP contribution is -2.37. The molecule has 20 heavy (non-hydrogen) atoms. The molecule has 0 aliphatic rings. The van der Waals surface area contributed by atoms with E-state index in [1.807, 2.05) is 6.92 Å². The first-order chi connectivity index (χ1) is 9.39. The number of nitro groups is 1. The minimum atomic E-state index is -1.26. The standard InChI is InChI=1S/C13H20N2O5/c1-3-6-20-12-7-10(4-5-11(12)15(18)19)14-8-13(2,17)9-16/h4-5,7,14,16-17H,3,6,8-9H2,1-2H3. The van der Waals surface area contributed by atoms with Crippen molar-refractivity contribution in [2.45, 2.75) is 25.9 Å². The molecule has 112 valence electrons.